The lowest BCUT2D eigenvalue weighted by Crippen LogP contribution is -2.47. The molecule has 0 amide bonds. The number of nitrogens with zero attached hydrogens (tertiary/aromatic N) is 1. The summed E-state index contributed by atoms with van der Waals surface area (Å²) >= 11 is 0. The monoisotopic (exact) mass is 260 g/mol. The molecule has 1 aliphatic heterocycles. The highest BCUT2D eigenvalue weighted by Gasteiger charge is 2.32. The van der Waals surface area contributed by atoms with Gasteiger partial charge < -0.3 is 10.1 Å². The minimum absolute atomic E-state index is 0.360. The number of rotatable bonds is 5. The molecule has 0 radical (unpaired) electrons. The van der Waals surface area contributed by atoms with Crippen LogP contribution >= 0.6 is 0 Å². The number of morpholine rings is 1. The van der Waals surface area contributed by atoms with Crippen LogP contribution in [0.3, 0.4) is 0 Å². The van der Waals surface area contributed by atoms with Crippen molar-refractivity contribution in [3.63, 3.8) is 0 Å². The van der Waals surface area contributed by atoms with Crippen LogP contribution in [0.2, 0.25) is 0 Å². The number of aryl methyl sites for hydroxylation is 1. The normalized spacial score (nSPS) is 24.6. The Morgan fingerprint density at radius 3 is 2.95 bits per heavy atom. The van der Waals surface area contributed by atoms with Crippen LogP contribution in [0.4, 0.5) is 0 Å². The van der Waals surface area contributed by atoms with E-state index in [0.29, 0.717) is 6.10 Å². The van der Waals surface area contributed by atoms with Gasteiger partial charge in [0.2, 0.25) is 0 Å². The van der Waals surface area contributed by atoms with E-state index in [0.717, 1.165) is 38.8 Å². The minimum atomic E-state index is 0.360. The summed E-state index contributed by atoms with van der Waals surface area (Å²) in [5.74, 6) is 0. The molecule has 1 unspecified atom stereocenters. The Morgan fingerprint density at radius 2 is 2.16 bits per heavy atom. The molecule has 0 bridgehead atoms. The van der Waals surface area contributed by atoms with Crippen molar-refractivity contribution < 1.29 is 4.74 Å². The van der Waals surface area contributed by atoms with Gasteiger partial charge in [-0.15, -0.1) is 0 Å². The zero-order chi connectivity index (χ0) is 13.1. The standard InChI is InChI=1S/C16H24N2O/c1-13-4-2-3-5-14(13)10-17-11-16-12-18(8-9-19-16)15-6-7-15/h2-5,15-17H,6-12H2,1H3. The van der Waals surface area contributed by atoms with Gasteiger partial charge >= 0.3 is 0 Å². The second kappa shape index (κ2) is 6.04. The van der Waals surface area contributed by atoms with Crippen molar-refractivity contribution >= 4 is 0 Å². The number of hydrogen-bond donors (Lipinski definition) is 1. The molecule has 0 spiro atoms. The van der Waals surface area contributed by atoms with Crippen molar-refractivity contribution in [2.45, 2.75) is 38.5 Å². The van der Waals surface area contributed by atoms with E-state index in [1.165, 1.54) is 24.0 Å². The average molecular weight is 260 g/mol. The summed E-state index contributed by atoms with van der Waals surface area (Å²) < 4.78 is 5.85. The van der Waals surface area contributed by atoms with Crippen molar-refractivity contribution in [1.82, 2.24) is 10.2 Å². The summed E-state index contributed by atoms with van der Waals surface area (Å²) in [6.07, 6.45) is 3.14. The highest BCUT2D eigenvalue weighted by atomic mass is 16.5. The lowest BCUT2D eigenvalue weighted by molar-refractivity contribution is -0.0301. The molecule has 104 valence electrons. The van der Waals surface area contributed by atoms with E-state index >= 15 is 0 Å². The first kappa shape index (κ1) is 13.1. The average Bonchev–Trinajstić information content (AvgIpc) is 3.26. The van der Waals surface area contributed by atoms with E-state index in [1.807, 2.05) is 0 Å². The van der Waals surface area contributed by atoms with Crippen LogP contribution < -0.4 is 5.32 Å². The van der Waals surface area contributed by atoms with Gasteiger partial charge in [0.15, 0.2) is 0 Å². The molecule has 1 aromatic rings. The molecule has 1 aliphatic carbocycles. The second-order valence-electron chi connectivity index (χ2n) is 5.78. The number of hydrogen-bond acceptors (Lipinski definition) is 3. The molecule has 1 saturated heterocycles. The van der Waals surface area contributed by atoms with E-state index in [4.69, 9.17) is 4.74 Å². The van der Waals surface area contributed by atoms with Gasteiger partial charge in [0.05, 0.1) is 12.7 Å². The maximum Gasteiger partial charge on any atom is 0.0826 e. The lowest BCUT2D eigenvalue weighted by atomic mass is 10.1. The molecule has 0 aromatic heterocycles. The highest BCUT2D eigenvalue weighted by molar-refractivity contribution is 5.25. The Hall–Kier alpha value is -0.900. The third-order valence-corrected chi connectivity index (χ3v) is 4.18. The van der Waals surface area contributed by atoms with Crippen LogP contribution in [0, 0.1) is 6.92 Å². The first-order chi connectivity index (χ1) is 9.33. The summed E-state index contributed by atoms with van der Waals surface area (Å²) in [5, 5.41) is 3.54. The summed E-state index contributed by atoms with van der Waals surface area (Å²) in [7, 11) is 0. The fourth-order valence-corrected chi connectivity index (χ4v) is 2.81. The molecule has 2 fully saturated rings. The predicted molar refractivity (Wildman–Crippen MR) is 77.2 cm³/mol. The number of ether oxygens (including phenoxy) is 1. The van der Waals surface area contributed by atoms with Crippen molar-refractivity contribution in [3.8, 4) is 0 Å². The largest absolute Gasteiger partial charge is 0.374 e. The molecule has 3 heteroatoms. The molecule has 1 N–H and O–H groups in total. The van der Waals surface area contributed by atoms with Gasteiger partial charge in [-0.1, -0.05) is 24.3 Å². The topological polar surface area (TPSA) is 24.5 Å². The highest BCUT2D eigenvalue weighted by Crippen LogP contribution is 2.28. The van der Waals surface area contributed by atoms with E-state index in [-0.39, 0.29) is 0 Å². The quantitative estimate of drug-likeness (QED) is 0.876. The van der Waals surface area contributed by atoms with Gasteiger partial charge in [0.25, 0.3) is 0 Å². The van der Waals surface area contributed by atoms with Gasteiger partial charge in [-0.05, 0) is 30.9 Å². The van der Waals surface area contributed by atoms with Crippen molar-refractivity contribution in [3.05, 3.63) is 35.4 Å². The van der Waals surface area contributed by atoms with Crippen LogP contribution in [0.5, 0.6) is 0 Å². The molecule has 3 nitrogen and oxygen atoms in total. The first-order valence-electron chi connectivity index (χ1n) is 7.44. The molecule has 3 rings (SSSR count). The van der Waals surface area contributed by atoms with Crippen molar-refractivity contribution in [2.75, 3.05) is 26.2 Å². The smallest absolute Gasteiger partial charge is 0.0826 e. The van der Waals surface area contributed by atoms with Crippen LogP contribution in [0.15, 0.2) is 24.3 Å². The van der Waals surface area contributed by atoms with Crippen LogP contribution in [-0.4, -0.2) is 43.3 Å². The second-order valence-corrected chi connectivity index (χ2v) is 5.78. The Kier molecular flexibility index (Phi) is 4.16. The minimum Gasteiger partial charge on any atom is -0.374 e. The van der Waals surface area contributed by atoms with Gasteiger partial charge in [0.1, 0.15) is 0 Å². The number of nitrogens with one attached hydrogen (secondary N) is 1. The van der Waals surface area contributed by atoms with Gasteiger partial charge in [-0.2, -0.15) is 0 Å². The molecular weight excluding hydrogens is 236 g/mol. The summed E-state index contributed by atoms with van der Waals surface area (Å²) in [5.41, 5.74) is 2.75. The van der Waals surface area contributed by atoms with E-state index in [9.17, 15) is 0 Å². The maximum atomic E-state index is 5.85. The summed E-state index contributed by atoms with van der Waals surface area (Å²) in [6, 6.07) is 9.43. The first-order valence-corrected chi connectivity index (χ1v) is 7.44. The molecule has 1 atom stereocenters. The van der Waals surface area contributed by atoms with Crippen molar-refractivity contribution in [2.24, 2.45) is 0 Å². The Balaban J connectivity index is 1.43. The molecule has 2 aliphatic rings. The Morgan fingerprint density at radius 1 is 1.32 bits per heavy atom. The van der Waals surface area contributed by atoms with Gasteiger partial charge in [0, 0.05) is 32.2 Å². The van der Waals surface area contributed by atoms with Gasteiger partial charge in [-0.25, -0.2) is 0 Å². The van der Waals surface area contributed by atoms with Crippen molar-refractivity contribution in [1.29, 1.82) is 0 Å². The fraction of sp³-hybridized carbons (Fsp3) is 0.625. The molecule has 1 heterocycles. The van der Waals surface area contributed by atoms with Crippen LogP contribution in [-0.2, 0) is 11.3 Å². The summed E-state index contributed by atoms with van der Waals surface area (Å²) in [6.45, 7) is 7.19. The predicted octanol–water partition coefficient (Wildman–Crippen LogP) is 1.95. The van der Waals surface area contributed by atoms with E-state index in [1.54, 1.807) is 0 Å². The van der Waals surface area contributed by atoms with Gasteiger partial charge in [-0.3, -0.25) is 4.90 Å². The molecular formula is C16H24N2O. The maximum absolute atomic E-state index is 5.85. The molecule has 1 saturated carbocycles. The third-order valence-electron chi connectivity index (χ3n) is 4.18. The van der Waals surface area contributed by atoms with E-state index < -0.39 is 0 Å². The van der Waals surface area contributed by atoms with Crippen LogP contribution in [0.1, 0.15) is 24.0 Å². The lowest BCUT2D eigenvalue weighted by Gasteiger charge is -2.33. The SMILES string of the molecule is Cc1ccccc1CNCC1CN(C2CC2)CCO1. The zero-order valence-corrected chi connectivity index (χ0v) is 11.8. The summed E-state index contributed by atoms with van der Waals surface area (Å²) in [4.78, 5) is 2.60. The third kappa shape index (κ3) is 3.56. The van der Waals surface area contributed by atoms with E-state index in [2.05, 4.69) is 41.4 Å². The van der Waals surface area contributed by atoms with Crippen LogP contribution in [0.25, 0.3) is 0 Å². The fourth-order valence-electron chi connectivity index (χ4n) is 2.81. The molecule has 1 aromatic carbocycles. The Bertz CT molecular complexity index is 417. The zero-order valence-electron chi connectivity index (χ0n) is 11.8. The Labute approximate surface area is 115 Å². The number of benzene rings is 1. The molecule has 19 heavy (non-hydrogen) atoms.